The minimum Gasteiger partial charge on any atom is -0.379 e. The van der Waals surface area contributed by atoms with Crippen LogP contribution in [-0.4, -0.2) is 63.0 Å². The van der Waals surface area contributed by atoms with E-state index in [4.69, 9.17) is 9.47 Å². The number of nitrogens with one attached hydrogen (secondary N) is 1. The van der Waals surface area contributed by atoms with Crippen LogP contribution in [0.5, 0.6) is 0 Å². The fraction of sp³-hybridized carbons (Fsp3) is 1.00. The molecule has 0 amide bonds. The molecule has 0 aromatic carbocycles. The second-order valence-corrected chi connectivity index (χ2v) is 5.16. The first-order valence-corrected chi connectivity index (χ1v) is 7.01. The van der Waals surface area contributed by atoms with E-state index in [1.165, 1.54) is 25.8 Å². The van der Waals surface area contributed by atoms with E-state index >= 15 is 0 Å². The normalized spacial score (nSPS) is 30.9. The summed E-state index contributed by atoms with van der Waals surface area (Å²) >= 11 is 0. The second kappa shape index (κ2) is 7.31. The fourth-order valence-corrected chi connectivity index (χ4v) is 2.55. The Morgan fingerprint density at radius 3 is 2.76 bits per heavy atom. The van der Waals surface area contributed by atoms with Gasteiger partial charge >= 0.3 is 0 Å². The molecule has 100 valence electrons. The summed E-state index contributed by atoms with van der Waals surface area (Å²) in [6.45, 7) is 9.49. The number of ether oxygens (including phenoxy) is 2. The molecule has 0 bridgehead atoms. The molecule has 0 aliphatic carbocycles. The Morgan fingerprint density at radius 2 is 2.06 bits per heavy atom. The van der Waals surface area contributed by atoms with Gasteiger partial charge in [0.15, 0.2) is 0 Å². The summed E-state index contributed by atoms with van der Waals surface area (Å²) < 4.78 is 11.1. The van der Waals surface area contributed by atoms with Gasteiger partial charge < -0.3 is 14.8 Å². The molecule has 0 saturated carbocycles. The first kappa shape index (κ1) is 13.3. The summed E-state index contributed by atoms with van der Waals surface area (Å²) in [6.07, 6.45) is 4.59. The second-order valence-electron chi connectivity index (χ2n) is 5.16. The molecule has 2 heterocycles. The van der Waals surface area contributed by atoms with Crippen molar-refractivity contribution < 1.29 is 9.47 Å². The minimum absolute atomic E-state index is 0.452. The van der Waals surface area contributed by atoms with E-state index in [1.807, 2.05) is 0 Å². The average molecular weight is 242 g/mol. The maximum Gasteiger partial charge on any atom is 0.0704 e. The Hall–Kier alpha value is -0.160. The van der Waals surface area contributed by atoms with Gasteiger partial charge in [-0.15, -0.1) is 0 Å². The van der Waals surface area contributed by atoms with E-state index in [-0.39, 0.29) is 0 Å². The molecule has 4 nitrogen and oxygen atoms in total. The van der Waals surface area contributed by atoms with Gasteiger partial charge in [0.1, 0.15) is 0 Å². The summed E-state index contributed by atoms with van der Waals surface area (Å²) in [4.78, 5) is 2.49. The lowest BCUT2D eigenvalue weighted by Crippen LogP contribution is -2.38. The van der Waals surface area contributed by atoms with Gasteiger partial charge in [-0.25, -0.2) is 0 Å². The van der Waals surface area contributed by atoms with Gasteiger partial charge in [-0.1, -0.05) is 0 Å². The summed E-state index contributed by atoms with van der Waals surface area (Å²) in [5.74, 6) is 0. The molecule has 2 atom stereocenters. The predicted octanol–water partition coefficient (Wildman–Crippen LogP) is 0.866. The largest absolute Gasteiger partial charge is 0.379 e. The first-order valence-electron chi connectivity index (χ1n) is 7.01. The third kappa shape index (κ3) is 4.92. The van der Waals surface area contributed by atoms with Crippen molar-refractivity contribution in [2.75, 3.05) is 45.9 Å². The topological polar surface area (TPSA) is 33.7 Å². The van der Waals surface area contributed by atoms with E-state index in [0.717, 1.165) is 39.4 Å². The van der Waals surface area contributed by atoms with Gasteiger partial charge in [0.05, 0.1) is 25.4 Å². The highest BCUT2D eigenvalue weighted by molar-refractivity contribution is 4.72. The zero-order valence-electron chi connectivity index (χ0n) is 11.0. The molecule has 2 aliphatic rings. The van der Waals surface area contributed by atoms with Crippen LogP contribution in [0.25, 0.3) is 0 Å². The van der Waals surface area contributed by atoms with Crippen LogP contribution in [0, 0.1) is 0 Å². The van der Waals surface area contributed by atoms with Crippen LogP contribution in [0.4, 0.5) is 0 Å². The molecule has 0 spiro atoms. The predicted molar refractivity (Wildman–Crippen MR) is 68.3 cm³/mol. The molecular weight excluding hydrogens is 216 g/mol. The zero-order valence-corrected chi connectivity index (χ0v) is 11.0. The van der Waals surface area contributed by atoms with Crippen LogP contribution in [0.15, 0.2) is 0 Å². The van der Waals surface area contributed by atoms with Crippen LogP contribution in [0.1, 0.15) is 26.2 Å². The Labute approximate surface area is 105 Å². The van der Waals surface area contributed by atoms with Crippen molar-refractivity contribution in [1.29, 1.82) is 0 Å². The third-order valence-electron chi connectivity index (χ3n) is 3.62. The molecular formula is C13H26N2O2. The van der Waals surface area contributed by atoms with Gasteiger partial charge in [-0.3, -0.25) is 4.90 Å². The van der Waals surface area contributed by atoms with Crippen LogP contribution in [0.2, 0.25) is 0 Å². The fourth-order valence-electron chi connectivity index (χ4n) is 2.55. The average Bonchev–Trinajstić information content (AvgIpc) is 2.76. The zero-order chi connectivity index (χ0) is 11.9. The van der Waals surface area contributed by atoms with Gasteiger partial charge in [0.2, 0.25) is 0 Å². The highest BCUT2D eigenvalue weighted by Gasteiger charge is 2.20. The molecule has 0 aromatic heterocycles. The number of morpholine rings is 1. The Kier molecular flexibility index (Phi) is 5.71. The molecule has 4 heteroatoms. The molecule has 2 rings (SSSR count). The molecule has 2 saturated heterocycles. The van der Waals surface area contributed by atoms with Crippen molar-refractivity contribution in [3.8, 4) is 0 Å². The summed E-state index contributed by atoms with van der Waals surface area (Å²) in [6, 6.07) is 0. The van der Waals surface area contributed by atoms with E-state index < -0.39 is 0 Å². The van der Waals surface area contributed by atoms with Crippen LogP contribution >= 0.6 is 0 Å². The summed E-state index contributed by atoms with van der Waals surface area (Å²) in [5.41, 5.74) is 0. The standard InChI is InChI=1S/C13H26N2O2/c1-12-3-4-13(17-12)11-14-5-2-6-15-7-9-16-10-8-15/h12-14H,2-11H2,1H3. The lowest BCUT2D eigenvalue weighted by molar-refractivity contribution is 0.0369. The van der Waals surface area contributed by atoms with Gasteiger partial charge in [-0.2, -0.15) is 0 Å². The summed E-state index contributed by atoms with van der Waals surface area (Å²) in [7, 11) is 0. The Bertz CT molecular complexity index is 201. The monoisotopic (exact) mass is 242 g/mol. The maximum atomic E-state index is 5.77. The number of rotatable bonds is 6. The van der Waals surface area contributed by atoms with E-state index in [0.29, 0.717) is 12.2 Å². The van der Waals surface area contributed by atoms with Gasteiger partial charge in [-0.05, 0) is 39.3 Å². The van der Waals surface area contributed by atoms with Crippen molar-refractivity contribution >= 4 is 0 Å². The van der Waals surface area contributed by atoms with E-state index in [1.54, 1.807) is 0 Å². The number of hydrogen-bond donors (Lipinski definition) is 1. The molecule has 2 unspecified atom stereocenters. The highest BCUT2D eigenvalue weighted by Crippen LogP contribution is 2.17. The minimum atomic E-state index is 0.452. The highest BCUT2D eigenvalue weighted by atomic mass is 16.5. The van der Waals surface area contributed by atoms with Crippen LogP contribution in [0.3, 0.4) is 0 Å². The molecule has 0 radical (unpaired) electrons. The Balaban J connectivity index is 1.43. The quantitative estimate of drug-likeness (QED) is 0.701. The molecule has 2 aliphatic heterocycles. The van der Waals surface area contributed by atoms with Crippen LogP contribution in [-0.2, 0) is 9.47 Å². The first-order chi connectivity index (χ1) is 8.34. The third-order valence-corrected chi connectivity index (χ3v) is 3.62. The number of nitrogens with zero attached hydrogens (tertiary/aromatic N) is 1. The van der Waals surface area contributed by atoms with E-state index in [9.17, 15) is 0 Å². The van der Waals surface area contributed by atoms with Crippen molar-refractivity contribution in [2.24, 2.45) is 0 Å². The van der Waals surface area contributed by atoms with Gasteiger partial charge in [0, 0.05) is 19.6 Å². The van der Waals surface area contributed by atoms with Crippen molar-refractivity contribution in [3.05, 3.63) is 0 Å². The lowest BCUT2D eigenvalue weighted by atomic mass is 10.2. The Morgan fingerprint density at radius 1 is 1.24 bits per heavy atom. The van der Waals surface area contributed by atoms with Gasteiger partial charge in [0.25, 0.3) is 0 Å². The van der Waals surface area contributed by atoms with Crippen molar-refractivity contribution in [1.82, 2.24) is 10.2 Å². The molecule has 2 fully saturated rings. The smallest absolute Gasteiger partial charge is 0.0704 e. The number of hydrogen-bond acceptors (Lipinski definition) is 4. The van der Waals surface area contributed by atoms with Crippen LogP contribution < -0.4 is 5.32 Å². The molecule has 1 N–H and O–H groups in total. The molecule has 0 aromatic rings. The van der Waals surface area contributed by atoms with Crippen molar-refractivity contribution in [2.45, 2.75) is 38.4 Å². The van der Waals surface area contributed by atoms with E-state index in [2.05, 4.69) is 17.1 Å². The van der Waals surface area contributed by atoms with Crippen molar-refractivity contribution in [3.63, 3.8) is 0 Å². The lowest BCUT2D eigenvalue weighted by Gasteiger charge is -2.26. The summed E-state index contributed by atoms with van der Waals surface area (Å²) in [5, 5.41) is 3.50. The SMILES string of the molecule is CC1CCC(CNCCCN2CCOCC2)O1. The maximum absolute atomic E-state index is 5.77. The molecule has 17 heavy (non-hydrogen) atoms.